The second kappa shape index (κ2) is 6.55. The second-order valence-corrected chi connectivity index (χ2v) is 5.49. The van der Waals surface area contributed by atoms with Crippen LogP contribution >= 0.6 is 0 Å². The largest absolute Gasteiger partial charge is 0.355 e. The zero-order valence-corrected chi connectivity index (χ0v) is 11.8. The Morgan fingerprint density at radius 2 is 2.10 bits per heavy atom. The van der Waals surface area contributed by atoms with Gasteiger partial charge in [0.25, 0.3) is 0 Å². The van der Waals surface area contributed by atoms with Gasteiger partial charge < -0.3 is 9.88 Å². The molecule has 0 amide bonds. The second-order valence-electron chi connectivity index (χ2n) is 5.49. The summed E-state index contributed by atoms with van der Waals surface area (Å²) in [7, 11) is 0. The Morgan fingerprint density at radius 3 is 2.90 bits per heavy atom. The lowest BCUT2D eigenvalue weighted by Crippen LogP contribution is -2.16. The smallest absolute Gasteiger partial charge is 0.203 e. The summed E-state index contributed by atoms with van der Waals surface area (Å²) in [5.74, 6) is 1.01. The number of aromatic nitrogens is 3. The minimum atomic E-state index is 0.632. The molecule has 3 rings (SSSR count). The summed E-state index contributed by atoms with van der Waals surface area (Å²) in [5.41, 5.74) is 1.26. The van der Waals surface area contributed by atoms with E-state index in [2.05, 4.69) is 32.1 Å². The summed E-state index contributed by atoms with van der Waals surface area (Å²) in [6, 6.07) is 4.73. The first-order valence-electron chi connectivity index (χ1n) is 7.59. The van der Waals surface area contributed by atoms with Crippen LogP contribution in [0.1, 0.15) is 43.7 Å². The van der Waals surface area contributed by atoms with Gasteiger partial charge in [-0.2, -0.15) is 0 Å². The van der Waals surface area contributed by atoms with Crippen LogP contribution in [0.5, 0.6) is 0 Å². The number of anilines is 1. The number of rotatable bonds is 5. The van der Waals surface area contributed by atoms with Crippen LogP contribution in [0.3, 0.4) is 0 Å². The molecule has 2 aromatic heterocycles. The number of hydrogen-bond donors (Lipinski definition) is 1. The first-order valence-corrected chi connectivity index (χ1v) is 7.59. The van der Waals surface area contributed by atoms with Gasteiger partial charge in [0, 0.05) is 37.4 Å². The molecule has 1 N–H and O–H groups in total. The lowest BCUT2D eigenvalue weighted by Gasteiger charge is -2.24. The molecular weight excluding hydrogens is 248 g/mol. The summed E-state index contributed by atoms with van der Waals surface area (Å²) in [6.07, 6.45) is 15.4. The van der Waals surface area contributed by atoms with Gasteiger partial charge in [-0.1, -0.05) is 25.3 Å². The number of hydrogen-bond acceptors (Lipinski definition) is 3. The molecule has 1 aliphatic rings. The van der Waals surface area contributed by atoms with Crippen molar-refractivity contribution in [1.29, 1.82) is 0 Å². The Balaban J connectivity index is 1.56. The highest BCUT2D eigenvalue weighted by molar-refractivity contribution is 5.27. The van der Waals surface area contributed by atoms with Crippen molar-refractivity contribution in [1.82, 2.24) is 14.5 Å². The Hall–Kier alpha value is -1.84. The van der Waals surface area contributed by atoms with Crippen LogP contribution in [-0.4, -0.2) is 21.1 Å². The van der Waals surface area contributed by atoms with Crippen LogP contribution < -0.4 is 5.32 Å². The van der Waals surface area contributed by atoms with Crippen LogP contribution in [0.4, 0.5) is 5.95 Å². The molecule has 1 fully saturated rings. The van der Waals surface area contributed by atoms with Gasteiger partial charge in [-0.25, -0.2) is 4.98 Å². The number of nitrogens with one attached hydrogen (secondary N) is 1. The van der Waals surface area contributed by atoms with E-state index in [-0.39, 0.29) is 0 Å². The third kappa shape index (κ3) is 3.18. The quantitative estimate of drug-likeness (QED) is 0.905. The van der Waals surface area contributed by atoms with E-state index in [0.717, 1.165) is 18.9 Å². The molecule has 4 nitrogen and oxygen atoms in total. The first kappa shape index (κ1) is 13.2. The molecule has 20 heavy (non-hydrogen) atoms. The fourth-order valence-corrected chi connectivity index (χ4v) is 2.97. The van der Waals surface area contributed by atoms with Gasteiger partial charge in [-0.15, -0.1) is 0 Å². The average Bonchev–Trinajstić information content (AvgIpc) is 2.98. The predicted octanol–water partition coefficient (Wildman–Crippen LogP) is 3.44. The molecule has 4 heteroatoms. The molecule has 0 bridgehead atoms. The SMILES string of the molecule is c1cncc(CCNc2nccn2C2CCCCC2)c1. The highest BCUT2D eigenvalue weighted by atomic mass is 15.2. The van der Waals surface area contributed by atoms with Crippen molar-refractivity contribution in [3.63, 3.8) is 0 Å². The summed E-state index contributed by atoms with van der Waals surface area (Å²) in [4.78, 5) is 8.60. The van der Waals surface area contributed by atoms with Crippen LogP contribution in [0.15, 0.2) is 36.9 Å². The summed E-state index contributed by atoms with van der Waals surface area (Å²) >= 11 is 0. The van der Waals surface area contributed by atoms with E-state index in [1.54, 1.807) is 0 Å². The molecular formula is C16H22N4. The molecule has 1 aliphatic carbocycles. The van der Waals surface area contributed by atoms with Crippen LogP contribution in [0.2, 0.25) is 0 Å². The lowest BCUT2D eigenvalue weighted by atomic mass is 9.95. The molecule has 0 spiro atoms. The molecule has 0 aromatic carbocycles. The van der Waals surface area contributed by atoms with E-state index in [1.807, 2.05) is 24.7 Å². The van der Waals surface area contributed by atoms with Gasteiger partial charge in [0.2, 0.25) is 5.95 Å². The van der Waals surface area contributed by atoms with Crippen molar-refractivity contribution in [2.24, 2.45) is 0 Å². The first-order chi connectivity index (χ1) is 9.93. The van der Waals surface area contributed by atoms with E-state index in [0.29, 0.717) is 6.04 Å². The standard InChI is InChI=1S/C16H22N4/c1-2-6-15(7-3-1)20-12-11-19-16(20)18-10-8-14-5-4-9-17-13-14/h4-5,9,11-13,15H,1-3,6-8,10H2,(H,18,19). The fourth-order valence-electron chi connectivity index (χ4n) is 2.97. The van der Waals surface area contributed by atoms with Crippen LogP contribution in [0.25, 0.3) is 0 Å². The normalized spacial score (nSPS) is 16.2. The predicted molar refractivity (Wildman–Crippen MR) is 80.8 cm³/mol. The highest BCUT2D eigenvalue weighted by Crippen LogP contribution is 2.30. The topological polar surface area (TPSA) is 42.7 Å². The summed E-state index contributed by atoms with van der Waals surface area (Å²) < 4.78 is 2.32. The van der Waals surface area contributed by atoms with E-state index in [1.165, 1.54) is 37.7 Å². The Bertz CT molecular complexity index is 514. The Labute approximate surface area is 120 Å². The number of imidazole rings is 1. The Kier molecular flexibility index (Phi) is 4.31. The molecule has 2 aromatic rings. The summed E-state index contributed by atoms with van der Waals surface area (Å²) in [5, 5.41) is 3.46. The van der Waals surface area contributed by atoms with Crippen molar-refractivity contribution < 1.29 is 0 Å². The van der Waals surface area contributed by atoms with Crippen molar-refractivity contribution >= 4 is 5.95 Å². The maximum Gasteiger partial charge on any atom is 0.203 e. The highest BCUT2D eigenvalue weighted by Gasteiger charge is 2.17. The third-order valence-electron chi connectivity index (χ3n) is 4.06. The van der Waals surface area contributed by atoms with Crippen molar-refractivity contribution in [2.45, 2.75) is 44.6 Å². The maximum atomic E-state index is 4.46. The summed E-state index contributed by atoms with van der Waals surface area (Å²) in [6.45, 7) is 0.898. The fraction of sp³-hybridized carbons (Fsp3) is 0.500. The van der Waals surface area contributed by atoms with Crippen LogP contribution in [0, 0.1) is 0 Å². The van der Waals surface area contributed by atoms with E-state index in [9.17, 15) is 0 Å². The van der Waals surface area contributed by atoms with Gasteiger partial charge in [0.1, 0.15) is 0 Å². The number of nitrogens with zero attached hydrogens (tertiary/aromatic N) is 3. The maximum absolute atomic E-state index is 4.46. The Morgan fingerprint density at radius 1 is 1.20 bits per heavy atom. The van der Waals surface area contributed by atoms with Crippen LogP contribution in [-0.2, 0) is 6.42 Å². The zero-order chi connectivity index (χ0) is 13.6. The zero-order valence-electron chi connectivity index (χ0n) is 11.8. The average molecular weight is 270 g/mol. The van der Waals surface area contributed by atoms with E-state index >= 15 is 0 Å². The van der Waals surface area contributed by atoms with Gasteiger partial charge >= 0.3 is 0 Å². The monoisotopic (exact) mass is 270 g/mol. The molecule has 1 saturated carbocycles. The van der Waals surface area contributed by atoms with Crippen molar-refractivity contribution in [3.05, 3.63) is 42.5 Å². The van der Waals surface area contributed by atoms with Crippen molar-refractivity contribution in [3.8, 4) is 0 Å². The van der Waals surface area contributed by atoms with E-state index in [4.69, 9.17) is 0 Å². The van der Waals surface area contributed by atoms with Gasteiger partial charge in [0.15, 0.2) is 0 Å². The molecule has 0 unspecified atom stereocenters. The molecule has 0 aliphatic heterocycles. The van der Waals surface area contributed by atoms with Gasteiger partial charge in [-0.05, 0) is 30.9 Å². The molecule has 106 valence electrons. The van der Waals surface area contributed by atoms with Crippen molar-refractivity contribution in [2.75, 3.05) is 11.9 Å². The third-order valence-corrected chi connectivity index (χ3v) is 4.06. The van der Waals surface area contributed by atoms with Gasteiger partial charge in [0.05, 0.1) is 0 Å². The molecule has 0 radical (unpaired) electrons. The molecule has 0 saturated heterocycles. The minimum Gasteiger partial charge on any atom is -0.355 e. The minimum absolute atomic E-state index is 0.632. The van der Waals surface area contributed by atoms with E-state index < -0.39 is 0 Å². The molecule has 2 heterocycles. The number of pyridine rings is 1. The lowest BCUT2D eigenvalue weighted by molar-refractivity contribution is 0.356. The van der Waals surface area contributed by atoms with Gasteiger partial charge in [-0.3, -0.25) is 4.98 Å². The molecule has 0 atom stereocenters.